The van der Waals surface area contributed by atoms with Crippen LogP contribution in [0.5, 0.6) is 5.75 Å². The van der Waals surface area contributed by atoms with Crippen molar-refractivity contribution < 1.29 is 13.9 Å². The third-order valence-electron chi connectivity index (χ3n) is 3.24. The molecule has 1 aliphatic heterocycles. The highest BCUT2D eigenvalue weighted by Gasteiger charge is 2.18. The van der Waals surface area contributed by atoms with Gasteiger partial charge in [0.25, 0.3) is 11.1 Å². The monoisotopic (exact) mass is 366 g/mol. The van der Waals surface area contributed by atoms with Crippen molar-refractivity contribution in [2.24, 2.45) is 0 Å². The van der Waals surface area contributed by atoms with Crippen molar-refractivity contribution in [1.82, 2.24) is 10.2 Å². The minimum absolute atomic E-state index is 0.259. The fraction of sp³-hybridized carbons (Fsp3) is 0.200. The van der Waals surface area contributed by atoms with Crippen molar-refractivity contribution in [2.45, 2.75) is 17.6 Å². The number of thioether (sulfide) groups is 1. The molecular weight excluding hydrogens is 356 g/mol. The lowest BCUT2D eigenvalue weighted by Crippen LogP contribution is -2.12. The first-order chi connectivity index (χ1) is 11.3. The van der Waals surface area contributed by atoms with E-state index in [0.29, 0.717) is 28.5 Å². The van der Waals surface area contributed by atoms with E-state index in [1.54, 1.807) is 11.3 Å². The van der Waals surface area contributed by atoms with Gasteiger partial charge >= 0.3 is 0 Å². The van der Waals surface area contributed by atoms with Gasteiger partial charge in [-0.2, -0.15) is 0 Å². The topological polar surface area (TPSA) is 57.4 Å². The predicted molar refractivity (Wildman–Crippen MR) is 88.9 cm³/mol. The first kappa shape index (κ1) is 15.0. The van der Waals surface area contributed by atoms with Crippen molar-refractivity contribution in [3.63, 3.8) is 0 Å². The van der Waals surface area contributed by atoms with Crippen LogP contribution in [0.15, 0.2) is 39.3 Å². The molecule has 8 heteroatoms. The SMILES string of the molecule is Clc1cc2c(c(CSc3nnc(-c4cccs4)o3)c1)OCOC2. The Labute approximate surface area is 145 Å². The Morgan fingerprint density at radius 3 is 3.13 bits per heavy atom. The van der Waals surface area contributed by atoms with Crippen LogP contribution < -0.4 is 4.74 Å². The van der Waals surface area contributed by atoms with E-state index in [-0.39, 0.29) is 6.79 Å². The number of halogens is 1. The summed E-state index contributed by atoms with van der Waals surface area (Å²) < 4.78 is 16.6. The van der Waals surface area contributed by atoms with Crippen LogP contribution >= 0.6 is 34.7 Å². The molecule has 0 spiro atoms. The van der Waals surface area contributed by atoms with Gasteiger partial charge in [0, 0.05) is 21.9 Å². The van der Waals surface area contributed by atoms with E-state index < -0.39 is 0 Å². The summed E-state index contributed by atoms with van der Waals surface area (Å²) in [5.41, 5.74) is 1.96. The highest BCUT2D eigenvalue weighted by Crippen LogP contribution is 2.36. The Bertz CT molecular complexity index is 820. The number of fused-ring (bicyclic) bond motifs is 1. The molecule has 0 atom stereocenters. The maximum atomic E-state index is 6.16. The molecule has 0 saturated carbocycles. The summed E-state index contributed by atoms with van der Waals surface area (Å²) in [7, 11) is 0. The zero-order chi connectivity index (χ0) is 15.6. The van der Waals surface area contributed by atoms with Crippen LogP contribution in [0, 0.1) is 0 Å². The molecule has 0 amide bonds. The molecule has 1 aromatic carbocycles. The Morgan fingerprint density at radius 1 is 1.30 bits per heavy atom. The number of aromatic nitrogens is 2. The van der Waals surface area contributed by atoms with Gasteiger partial charge in [-0.1, -0.05) is 29.4 Å². The molecule has 0 unspecified atom stereocenters. The van der Waals surface area contributed by atoms with Crippen molar-refractivity contribution in [2.75, 3.05) is 6.79 Å². The third-order valence-corrected chi connectivity index (χ3v) is 5.18. The minimum atomic E-state index is 0.259. The summed E-state index contributed by atoms with van der Waals surface area (Å²) in [6.07, 6.45) is 0. The summed E-state index contributed by atoms with van der Waals surface area (Å²) in [4.78, 5) is 0.963. The van der Waals surface area contributed by atoms with Gasteiger partial charge in [-0.05, 0) is 23.6 Å². The summed E-state index contributed by atoms with van der Waals surface area (Å²) in [5.74, 6) is 2.01. The van der Waals surface area contributed by atoms with Crippen molar-refractivity contribution in [3.8, 4) is 16.5 Å². The van der Waals surface area contributed by atoms with Crippen LogP contribution in [0.1, 0.15) is 11.1 Å². The standard InChI is InChI=1S/C15H11ClN2O3S2/c16-11-4-9-6-19-8-20-13(9)10(5-11)7-23-15-18-17-14(21-15)12-2-1-3-22-12/h1-5H,6-8H2. The van der Waals surface area contributed by atoms with Crippen LogP contribution in [0.25, 0.3) is 10.8 Å². The van der Waals surface area contributed by atoms with Gasteiger partial charge in [0.1, 0.15) is 5.75 Å². The van der Waals surface area contributed by atoms with Gasteiger partial charge in [-0.3, -0.25) is 0 Å². The van der Waals surface area contributed by atoms with Crippen LogP contribution in [-0.2, 0) is 17.1 Å². The lowest BCUT2D eigenvalue weighted by Gasteiger charge is -2.20. The molecule has 0 radical (unpaired) electrons. The predicted octanol–water partition coefficient (Wildman–Crippen LogP) is 4.61. The number of rotatable bonds is 4. The van der Waals surface area contributed by atoms with Crippen LogP contribution in [0.3, 0.4) is 0 Å². The molecule has 4 rings (SSSR count). The summed E-state index contributed by atoms with van der Waals surface area (Å²) >= 11 is 9.19. The molecule has 118 valence electrons. The highest BCUT2D eigenvalue weighted by atomic mass is 35.5. The maximum absolute atomic E-state index is 6.16. The largest absolute Gasteiger partial charge is 0.467 e. The quantitative estimate of drug-likeness (QED) is 0.628. The average molecular weight is 367 g/mol. The Hall–Kier alpha value is -1.54. The van der Waals surface area contributed by atoms with E-state index >= 15 is 0 Å². The van der Waals surface area contributed by atoms with Crippen LogP contribution in [-0.4, -0.2) is 17.0 Å². The van der Waals surface area contributed by atoms with Gasteiger partial charge in [0.05, 0.1) is 11.5 Å². The van der Waals surface area contributed by atoms with Gasteiger partial charge < -0.3 is 13.9 Å². The van der Waals surface area contributed by atoms with Gasteiger partial charge in [-0.15, -0.1) is 21.5 Å². The molecule has 23 heavy (non-hydrogen) atoms. The van der Waals surface area contributed by atoms with E-state index in [9.17, 15) is 0 Å². The molecule has 1 aliphatic rings. The lowest BCUT2D eigenvalue weighted by molar-refractivity contribution is -0.0168. The Kier molecular flexibility index (Phi) is 4.26. The van der Waals surface area contributed by atoms with E-state index in [0.717, 1.165) is 21.8 Å². The molecule has 0 fully saturated rings. The molecule has 3 aromatic rings. The zero-order valence-electron chi connectivity index (χ0n) is 11.8. The Balaban J connectivity index is 1.52. The molecule has 0 bridgehead atoms. The second-order valence-electron chi connectivity index (χ2n) is 4.80. The van der Waals surface area contributed by atoms with Crippen molar-refractivity contribution >= 4 is 34.7 Å². The Morgan fingerprint density at radius 2 is 2.26 bits per heavy atom. The second kappa shape index (κ2) is 6.52. The molecular formula is C15H11ClN2O3S2. The van der Waals surface area contributed by atoms with Gasteiger partial charge in [0.15, 0.2) is 6.79 Å². The minimum Gasteiger partial charge on any atom is -0.467 e. The van der Waals surface area contributed by atoms with E-state index in [1.807, 2.05) is 29.6 Å². The molecule has 0 saturated heterocycles. The van der Waals surface area contributed by atoms with Gasteiger partial charge in [0.2, 0.25) is 0 Å². The number of ether oxygens (including phenoxy) is 2. The van der Waals surface area contributed by atoms with Gasteiger partial charge in [-0.25, -0.2) is 0 Å². The number of benzene rings is 1. The number of hydrogen-bond donors (Lipinski definition) is 0. The summed E-state index contributed by atoms with van der Waals surface area (Å²) in [6, 6.07) is 7.67. The molecule has 3 heterocycles. The fourth-order valence-electron chi connectivity index (χ4n) is 2.27. The fourth-order valence-corrected chi connectivity index (χ4v) is 3.91. The van der Waals surface area contributed by atoms with E-state index in [4.69, 9.17) is 25.5 Å². The van der Waals surface area contributed by atoms with Crippen LogP contribution in [0.2, 0.25) is 5.02 Å². The average Bonchev–Trinajstić information content (AvgIpc) is 3.23. The van der Waals surface area contributed by atoms with Crippen molar-refractivity contribution in [1.29, 1.82) is 0 Å². The van der Waals surface area contributed by atoms with E-state index in [1.165, 1.54) is 11.8 Å². The molecule has 0 N–H and O–H groups in total. The van der Waals surface area contributed by atoms with E-state index in [2.05, 4.69) is 10.2 Å². The number of nitrogens with zero attached hydrogens (tertiary/aromatic N) is 2. The first-order valence-corrected chi connectivity index (χ1v) is 9.06. The summed E-state index contributed by atoms with van der Waals surface area (Å²) in [6.45, 7) is 0.770. The normalized spacial score (nSPS) is 13.6. The van der Waals surface area contributed by atoms with Crippen LogP contribution in [0.4, 0.5) is 0 Å². The maximum Gasteiger partial charge on any atom is 0.277 e. The number of hydrogen-bond acceptors (Lipinski definition) is 7. The zero-order valence-corrected chi connectivity index (χ0v) is 14.2. The first-order valence-electron chi connectivity index (χ1n) is 6.81. The summed E-state index contributed by atoms with van der Waals surface area (Å²) in [5, 5.41) is 11.3. The third kappa shape index (κ3) is 3.23. The number of thiophene rings is 1. The second-order valence-corrected chi connectivity index (χ2v) is 7.11. The lowest BCUT2D eigenvalue weighted by atomic mass is 10.1. The molecule has 2 aromatic heterocycles. The highest BCUT2D eigenvalue weighted by molar-refractivity contribution is 7.98. The molecule has 0 aliphatic carbocycles. The van der Waals surface area contributed by atoms with Crippen molar-refractivity contribution in [3.05, 3.63) is 45.8 Å². The molecule has 5 nitrogen and oxygen atoms in total. The smallest absolute Gasteiger partial charge is 0.277 e.